The molecule has 0 aromatic rings. The van der Waals surface area contributed by atoms with Crippen LogP contribution >= 0.6 is 0 Å². The summed E-state index contributed by atoms with van der Waals surface area (Å²) in [6.07, 6.45) is 5.75. The lowest BCUT2D eigenvalue weighted by Crippen LogP contribution is -2.44. The average molecular weight is 262 g/mol. The zero-order chi connectivity index (χ0) is 13.2. The second-order valence-corrected chi connectivity index (χ2v) is 6.54. The summed E-state index contributed by atoms with van der Waals surface area (Å²) in [6, 6.07) is 0. The SMILES string of the molecule is C/C1=C/C2(CCOC2=O)C2CC3CC(OC1=O)C2C3. The minimum absolute atomic E-state index is 0.0187. The van der Waals surface area contributed by atoms with Gasteiger partial charge in [0.25, 0.3) is 0 Å². The van der Waals surface area contributed by atoms with E-state index in [9.17, 15) is 9.59 Å². The molecule has 2 aliphatic heterocycles. The van der Waals surface area contributed by atoms with Gasteiger partial charge in [-0.1, -0.05) is 6.08 Å². The van der Waals surface area contributed by atoms with Crippen LogP contribution in [0, 0.1) is 23.2 Å². The molecule has 2 heterocycles. The maximum absolute atomic E-state index is 12.3. The smallest absolute Gasteiger partial charge is 0.333 e. The predicted octanol–water partition coefficient (Wildman–Crippen LogP) is 1.84. The number of ether oxygens (including phenoxy) is 2. The Morgan fingerprint density at radius 3 is 2.79 bits per heavy atom. The van der Waals surface area contributed by atoms with Crippen molar-refractivity contribution in [3.63, 3.8) is 0 Å². The zero-order valence-electron chi connectivity index (χ0n) is 11.1. The van der Waals surface area contributed by atoms with Crippen molar-refractivity contribution in [1.29, 1.82) is 0 Å². The van der Waals surface area contributed by atoms with Gasteiger partial charge in [0.05, 0.1) is 12.0 Å². The third kappa shape index (κ3) is 1.40. The van der Waals surface area contributed by atoms with E-state index in [4.69, 9.17) is 9.47 Å². The minimum atomic E-state index is -0.554. The van der Waals surface area contributed by atoms with E-state index in [1.54, 1.807) is 6.92 Å². The molecule has 4 aliphatic rings. The number of cyclic esters (lactones) is 1. The molecule has 1 spiro atoms. The molecule has 0 N–H and O–H groups in total. The van der Waals surface area contributed by atoms with E-state index in [0.717, 1.165) is 25.7 Å². The summed E-state index contributed by atoms with van der Waals surface area (Å²) in [5.41, 5.74) is 0.00868. The number of carbonyl (C=O) groups is 2. The van der Waals surface area contributed by atoms with Crippen LogP contribution in [0.1, 0.15) is 32.6 Å². The maximum Gasteiger partial charge on any atom is 0.333 e. The van der Waals surface area contributed by atoms with Gasteiger partial charge in [0.15, 0.2) is 0 Å². The third-order valence-electron chi connectivity index (χ3n) is 5.60. The molecule has 4 heteroatoms. The van der Waals surface area contributed by atoms with Crippen molar-refractivity contribution in [2.24, 2.45) is 23.2 Å². The Kier molecular flexibility index (Phi) is 2.19. The molecular weight excluding hydrogens is 244 g/mol. The van der Waals surface area contributed by atoms with E-state index in [0.29, 0.717) is 29.9 Å². The van der Waals surface area contributed by atoms with Crippen LogP contribution < -0.4 is 0 Å². The highest BCUT2D eigenvalue weighted by Gasteiger charge is 2.60. The summed E-state index contributed by atoms with van der Waals surface area (Å²) in [5.74, 6) is 0.885. The molecule has 2 bridgehead atoms. The van der Waals surface area contributed by atoms with Crippen molar-refractivity contribution < 1.29 is 19.1 Å². The summed E-state index contributed by atoms with van der Waals surface area (Å²) in [5, 5.41) is 0. The minimum Gasteiger partial charge on any atom is -0.465 e. The molecule has 3 fully saturated rings. The van der Waals surface area contributed by atoms with E-state index >= 15 is 0 Å². The van der Waals surface area contributed by atoms with E-state index in [-0.39, 0.29) is 18.0 Å². The van der Waals surface area contributed by atoms with Crippen molar-refractivity contribution in [2.75, 3.05) is 6.61 Å². The molecule has 102 valence electrons. The Bertz CT molecular complexity index is 494. The van der Waals surface area contributed by atoms with Crippen molar-refractivity contribution in [1.82, 2.24) is 0 Å². The van der Waals surface area contributed by atoms with Crippen LogP contribution in [0.4, 0.5) is 0 Å². The fourth-order valence-corrected chi connectivity index (χ4v) is 4.81. The van der Waals surface area contributed by atoms with Crippen LogP contribution in [-0.4, -0.2) is 24.6 Å². The van der Waals surface area contributed by atoms with Gasteiger partial charge in [-0.15, -0.1) is 0 Å². The van der Waals surface area contributed by atoms with Gasteiger partial charge in [-0.25, -0.2) is 4.79 Å². The second-order valence-electron chi connectivity index (χ2n) is 6.54. The first-order valence-corrected chi connectivity index (χ1v) is 7.18. The van der Waals surface area contributed by atoms with Crippen LogP contribution in [0.25, 0.3) is 0 Å². The van der Waals surface area contributed by atoms with Crippen LogP contribution in [0.15, 0.2) is 11.6 Å². The normalized spacial score (nSPS) is 50.5. The van der Waals surface area contributed by atoms with Gasteiger partial charge < -0.3 is 9.47 Å². The first-order chi connectivity index (χ1) is 9.10. The molecule has 4 rings (SSSR count). The summed E-state index contributed by atoms with van der Waals surface area (Å²) in [7, 11) is 0. The Labute approximate surface area is 112 Å². The number of rotatable bonds is 0. The lowest BCUT2D eigenvalue weighted by Gasteiger charge is -2.39. The fourth-order valence-electron chi connectivity index (χ4n) is 4.81. The standard InChI is InChI=1S/C15H18O4/c1-8-7-15(2-3-18-14(15)17)11-5-9-4-10(11)12(6-9)19-13(8)16/h7,9-12H,2-6H2,1H3/b8-7-. The molecule has 2 saturated carbocycles. The molecule has 0 radical (unpaired) electrons. The number of hydrogen-bond acceptors (Lipinski definition) is 4. The Hall–Kier alpha value is -1.32. The average Bonchev–Trinajstić information content (AvgIpc) is 3.03. The van der Waals surface area contributed by atoms with Crippen molar-refractivity contribution in [3.05, 3.63) is 11.6 Å². The number of esters is 2. The second kappa shape index (κ2) is 3.62. The first-order valence-electron chi connectivity index (χ1n) is 7.18. The highest BCUT2D eigenvalue weighted by molar-refractivity contribution is 5.91. The third-order valence-corrected chi connectivity index (χ3v) is 5.60. The van der Waals surface area contributed by atoms with E-state index in [2.05, 4.69) is 0 Å². The van der Waals surface area contributed by atoms with Crippen molar-refractivity contribution >= 4 is 11.9 Å². The number of hydrogen-bond donors (Lipinski definition) is 0. The lowest BCUT2D eigenvalue weighted by atomic mass is 9.65. The predicted molar refractivity (Wildman–Crippen MR) is 66.0 cm³/mol. The van der Waals surface area contributed by atoms with Gasteiger partial charge in [-0.2, -0.15) is 0 Å². The molecule has 5 unspecified atom stereocenters. The lowest BCUT2D eigenvalue weighted by molar-refractivity contribution is -0.154. The topological polar surface area (TPSA) is 52.6 Å². The van der Waals surface area contributed by atoms with Gasteiger partial charge in [-0.3, -0.25) is 4.79 Å². The molecule has 1 saturated heterocycles. The van der Waals surface area contributed by atoms with E-state index < -0.39 is 5.41 Å². The molecule has 5 atom stereocenters. The summed E-state index contributed by atoms with van der Waals surface area (Å²) in [6.45, 7) is 2.23. The molecule has 4 nitrogen and oxygen atoms in total. The fraction of sp³-hybridized carbons (Fsp3) is 0.733. The van der Waals surface area contributed by atoms with Crippen LogP contribution in [-0.2, 0) is 19.1 Å². The summed E-state index contributed by atoms with van der Waals surface area (Å²) >= 11 is 0. The van der Waals surface area contributed by atoms with Crippen LogP contribution in [0.5, 0.6) is 0 Å². The Morgan fingerprint density at radius 1 is 1.26 bits per heavy atom. The quantitative estimate of drug-likeness (QED) is 0.625. The highest BCUT2D eigenvalue weighted by atomic mass is 16.5. The van der Waals surface area contributed by atoms with Gasteiger partial charge in [0.2, 0.25) is 0 Å². The molecular formula is C15H18O4. The molecule has 19 heavy (non-hydrogen) atoms. The van der Waals surface area contributed by atoms with Gasteiger partial charge in [-0.05, 0) is 38.0 Å². The van der Waals surface area contributed by atoms with Crippen LogP contribution in [0.3, 0.4) is 0 Å². The largest absolute Gasteiger partial charge is 0.465 e. The molecule has 0 aromatic carbocycles. The van der Waals surface area contributed by atoms with Gasteiger partial charge in [0, 0.05) is 17.9 Å². The summed E-state index contributed by atoms with van der Waals surface area (Å²) < 4.78 is 10.9. The number of carbonyl (C=O) groups excluding carboxylic acids is 2. The molecule has 0 aromatic heterocycles. The Balaban J connectivity index is 1.85. The zero-order valence-corrected chi connectivity index (χ0v) is 11.1. The monoisotopic (exact) mass is 262 g/mol. The first kappa shape index (κ1) is 11.5. The van der Waals surface area contributed by atoms with Crippen molar-refractivity contribution in [3.8, 4) is 0 Å². The van der Waals surface area contributed by atoms with E-state index in [1.165, 1.54) is 0 Å². The molecule has 2 aliphatic carbocycles. The van der Waals surface area contributed by atoms with Crippen molar-refractivity contribution in [2.45, 2.75) is 38.7 Å². The van der Waals surface area contributed by atoms with E-state index in [1.807, 2.05) is 6.08 Å². The molecule has 0 amide bonds. The maximum atomic E-state index is 12.3. The van der Waals surface area contributed by atoms with Gasteiger partial charge in [0.1, 0.15) is 6.10 Å². The summed E-state index contributed by atoms with van der Waals surface area (Å²) in [4.78, 5) is 24.3. The Morgan fingerprint density at radius 2 is 2.11 bits per heavy atom. The van der Waals surface area contributed by atoms with Gasteiger partial charge >= 0.3 is 11.9 Å². The van der Waals surface area contributed by atoms with Crippen LogP contribution in [0.2, 0.25) is 0 Å². The number of fused-ring (bicyclic) bond motifs is 2. The highest BCUT2D eigenvalue weighted by Crippen LogP contribution is 2.59.